The minimum absolute atomic E-state index is 0.142. The van der Waals surface area contributed by atoms with Crippen LogP contribution in [0.1, 0.15) is 17.3 Å². The van der Waals surface area contributed by atoms with Gasteiger partial charge in [0.1, 0.15) is 5.82 Å². The van der Waals surface area contributed by atoms with E-state index in [4.69, 9.17) is 0 Å². The van der Waals surface area contributed by atoms with Gasteiger partial charge in [0.25, 0.3) is 5.91 Å². The highest BCUT2D eigenvalue weighted by Crippen LogP contribution is 2.28. The summed E-state index contributed by atoms with van der Waals surface area (Å²) in [7, 11) is 0. The molecular formula is C21H17N5O2S. The Bertz CT molecular complexity index is 1170. The van der Waals surface area contributed by atoms with Crippen molar-refractivity contribution >= 4 is 55.7 Å². The average Bonchev–Trinajstić information content (AvgIpc) is 3.11. The normalized spacial score (nSPS) is 10.5. The third-order valence-electron chi connectivity index (χ3n) is 4.01. The first-order valence-electron chi connectivity index (χ1n) is 8.84. The minimum Gasteiger partial charge on any atom is -0.326 e. The highest BCUT2D eigenvalue weighted by molar-refractivity contribution is 7.22. The fourth-order valence-corrected chi connectivity index (χ4v) is 3.62. The quantitative estimate of drug-likeness (QED) is 0.451. The monoisotopic (exact) mass is 403 g/mol. The Balaban J connectivity index is 1.48. The van der Waals surface area contributed by atoms with Crippen LogP contribution < -0.4 is 16.0 Å². The van der Waals surface area contributed by atoms with Gasteiger partial charge in [-0.15, -0.1) is 0 Å². The number of nitrogens with zero attached hydrogens (tertiary/aromatic N) is 2. The summed E-state index contributed by atoms with van der Waals surface area (Å²) in [4.78, 5) is 32.4. The molecule has 8 heteroatoms. The fourth-order valence-electron chi connectivity index (χ4n) is 2.71. The molecule has 29 heavy (non-hydrogen) atoms. The van der Waals surface area contributed by atoms with Crippen LogP contribution in [0, 0.1) is 0 Å². The van der Waals surface area contributed by atoms with Gasteiger partial charge in [0.05, 0.1) is 10.2 Å². The molecule has 7 nitrogen and oxygen atoms in total. The maximum atomic E-state index is 12.6. The molecule has 2 amide bonds. The molecule has 0 aliphatic carbocycles. The van der Waals surface area contributed by atoms with Crippen LogP contribution in [-0.2, 0) is 4.79 Å². The van der Waals surface area contributed by atoms with Crippen molar-refractivity contribution in [1.82, 2.24) is 9.97 Å². The van der Waals surface area contributed by atoms with Crippen LogP contribution in [0.4, 0.5) is 22.3 Å². The van der Waals surface area contributed by atoms with Gasteiger partial charge >= 0.3 is 0 Å². The van der Waals surface area contributed by atoms with Gasteiger partial charge in [0, 0.05) is 30.1 Å². The predicted octanol–water partition coefficient (Wildman–Crippen LogP) is 4.65. The SMILES string of the molecule is CC(=O)Nc1ccc(NC(=O)c2ccc3nc(Nc4ccccn4)sc3c2)cc1. The van der Waals surface area contributed by atoms with Gasteiger partial charge in [-0.25, -0.2) is 9.97 Å². The van der Waals surface area contributed by atoms with Crippen molar-refractivity contribution in [2.75, 3.05) is 16.0 Å². The van der Waals surface area contributed by atoms with E-state index in [9.17, 15) is 9.59 Å². The summed E-state index contributed by atoms with van der Waals surface area (Å²) in [5, 5.41) is 9.43. The van der Waals surface area contributed by atoms with Crippen molar-refractivity contribution in [1.29, 1.82) is 0 Å². The summed E-state index contributed by atoms with van der Waals surface area (Å²) in [5.74, 6) is 0.357. The molecule has 2 aromatic heterocycles. The summed E-state index contributed by atoms with van der Waals surface area (Å²) < 4.78 is 0.900. The minimum atomic E-state index is -0.216. The lowest BCUT2D eigenvalue weighted by atomic mass is 10.2. The third kappa shape index (κ3) is 4.56. The number of carbonyl (C=O) groups is 2. The van der Waals surface area contributed by atoms with E-state index in [-0.39, 0.29) is 11.8 Å². The molecule has 0 saturated heterocycles. The predicted molar refractivity (Wildman–Crippen MR) is 116 cm³/mol. The first kappa shape index (κ1) is 18.6. The molecule has 144 valence electrons. The van der Waals surface area contributed by atoms with Crippen molar-refractivity contribution in [3.05, 3.63) is 72.4 Å². The van der Waals surface area contributed by atoms with Crippen molar-refractivity contribution in [3.63, 3.8) is 0 Å². The van der Waals surface area contributed by atoms with E-state index < -0.39 is 0 Å². The number of anilines is 4. The Kier molecular flexibility index (Phi) is 5.17. The lowest BCUT2D eigenvalue weighted by Crippen LogP contribution is -2.12. The second-order valence-electron chi connectivity index (χ2n) is 6.25. The number of carbonyl (C=O) groups excluding carboxylic acids is 2. The zero-order chi connectivity index (χ0) is 20.2. The number of fused-ring (bicyclic) bond motifs is 1. The van der Waals surface area contributed by atoms with E-state index in [1.165, 1.54) is 18.3 Å². The largest absolute Gasteiger partial charge is 0.326 e. The number of hydrogen-bond donors (Lipinski definition) is 3. The zero-order valence-electron chi connectivity index (χ0n) is 15.5. The second-order valence-corrected chi connectivity index (χ2v) is 7.28. The highest BCUT2D eigenvalue weighted by Gasteiger charge is 2.10. The van der Waals surface area contributed by atoms with Gasteiger partial charge in [-0.2, -0.15) is 0 Å². The van der Waals surface area contributed by atoms with Gasteiger partial charge < -0.3 is 16.0 Å². The average molecular weight is 403 g/mol. The van der Waals surface area contributed by atoms with Gasteiger partial charge in [0.15, 0.2) is 5.13 Å². The van der Waals surface area contributed by atoms with E-state index in [0.717, 1.165) is 10.2 Å². The molecule has 2 heterocycles. The molecule has 0 aliphatic rings. The molecule has 0 fully saturated rings. The first-order valence-corrected chi connectivity index (χ1v) is 9.66. The summed E-state index contributed by atoms with van der Waals surface area (Å²) in [6, 6.07) is 17.9. The van der Waals surface area contributed by atoms with Crippen LogP contribution in [0.15, 0.2) is 66.9 Å². The topological polar surface area (TPSA) is 96.0 Å². The molecule has 4 aromatic rings. The van der Waals surface area contributed by atoms with Gasteiger partial charge in [-0.3, -0.25) is 9.59 Å². The Morgan fingerprint density at radius 3 is 2.38 bits per heavy atom. The molecule has 2 aromatic carbocycles. The number of thiazole rings is 1. The van der Waals surface area contributed by atoms with E-state index in [1.54, 1.807) is 36.5 Å². The van der Waals surface area contributed by atoms with Crippen LogP contribution in [0.5, 0.6) is 0 Å². The smallest absolute Gasteiger partial charge is 0.255 e. The van der Waals surface area contributed by atoms with Crippen LogP contribution in [0.25, 0.3) is 10.2 Å². The lowest BCUT2D eigenvalue weighted by Gasteiger charge is -2.07. The molecular weight excluding hydrogens is 386 g/mol. The Hall–Kier alpha value is -3.78. The summed E-state index contributed by atoms with van der Waals surface area (Å²) >= 11 is 1.46. The van der Waals surface area contributed by atoms with Crippen molar-refractivity contribution in [2.45, 2.75) is 6.92 Å². The number of aromatic nitrogens is 2. The molecule has 0 unspecified atom stereocenters. The Morgan fingerprint density at radius 1 is 0.931 bits per heavy atom. The molecule has 0 aliphatic heterocycles. The van der Waals surface area contributed by atoms with Gasteiger partial charge in [-0.1, -0.05) is 17.4 Å². The molecule has 0 bridgehead atoms. The van der Waals surface area contributed by atoms with Crippen LogP contribution in [0.2, 0.25) is 0 Å². The number of hydrogen-bond acceptors (Lipinski definition) is 6. The Morgan fingerprint density at radius 2 is 1.69 bits per heavy atom. The standard InChI is InChI=1S/C21H17N5O2S/c1-13(27)23-15-6-8-16(9-7-15)24-20(28)14-5-10-17-18(12-14)29-21(25-17)26-19-4-2-3-11-22-19/h2-12H,1H3,(H,23,27)(H,24,28)(H,22,25,26). The molecule has 0 radical (unpaired) electrons. The van der Waals surface area contributed by atoms with Crippen LogP contribution in [-0.4, -0.2) is 21.8 Å². The summed E-state index contributed by atoms with van der Waals surface area (Å²) in [6.07, 6.45) is 1.71. The molecule has 4 rings (SSSR count). The van der Waals surface area contributed by atoms with Crippen molar-refractivity contribution < 1.29 is 9.59 Å². The maximum absolute atomic E-state index is 12.6. The maximum Gasteiger partial charge on any atom is 0.255 e. The molecule has 3 N–H and O–H groups in total. The number of pyridine rings is 1. The molecule has 0 saturated carbocycles. The summed E-state index contributed by atoms with van der Waals surface area (Å²) in [5.41, 5.74) is 2.67. The number of benzene rings is 2. The van der Waals surface area contributed by atoms with Crippen molar-refractivity contribution in [3.8, 4) is 0 Å². The first-order chi connectivity index (χ1) is 14.1. The van der Waals surface area contributed by atoms with Crippen LogP contribution >= 0.6 is 11.3 Å². The van der Waals surface area contributed by atoms with E-state index in [0.29, 0.717) is 27.9 Å². The zero-order valence-corrected chi connectivity index (χ0v) is 16.3. The van der Waals surface area contributed by atoms with E-state index in [1.807, 2.05) is 30.3 Å². The number of amides is 2. The van der Waals surface area contributed by atoms with Crippen LogP contribution in [0.3, 0.4) is 0 Å². The molecule has 0 atom stereocenters. The number of rotatable bonds is 5. The van der Waals surface area contributed by atoms with Crippen molar-refractivity contribution in [2.24, 2.45) is 0 Å². The van der Waals surface area contributed by atoms with Gasteiger partial charge in [-0.05, 0) is 54.6 Å². The lowest BCUT2D eigenvalue weighted by molar-refractivity contribution is -0.114. The fraction of sp³-hybridized carbons (Fsp3) is 0.0476. The molecule has 0 spiro atoms. The second kappa shape index (κ2) is 8.07. The van der Waals surface area contributed by atoms with Gasteiger partial charge in [0.2, 0.25) is 5.91 Å². The summed E-state index contributed by atoms with van der Waals surface area (Å²) in [6.45, 7) is 1.45. The third-order valence-corrected chi connectivity index (χ3v) is 4.95. The van der Waals surface area contributed by atoms with E-state index >= 15 is 0 Å². The number of nitrogens with one attached hydrogen (secondary N) is 3. The van der Waals surface area contributed by atoms with E-state index in [2.05, 4.69) is 25.9 Å². The Labute approximate surface area is 170 Å². The highest BCUT2D eigenvalue weighted by atomic mass is 32.1.